The van der Waals surface area contributed by atoms with E-state index in [1.807, 2.05) is 6.92 Å². The molecule has 0 saturated carbocycles. The van der Waals surface area contributed by atoms with Crippen molar-refractivity contribution in [3.63, 3.8) is 0 Å². The van der Waals surface area contributed by atoms with Crippen LogP contribution in [0.15, 0.2) is 4.99 Å². The molecule has 0 aliphatic carbocycles. The minimum atomic E-state index is 0.338. The van der Waals surface area contributed by atoms with Crippen LogP contribution in [0.1, 0.15) is 6.92 Å². The van der Waals surface area contributed by atoms with Crippen LogP contribution in [-0.2, 0) is 4.74 Å². The number of rotatable bonds is 0. The summed E-state index contributed by atoms with van der Waals surface area (Å²) < 4.78 is 4.64. The Kier molecular flexibility index (Phi) is 0.783. The van der Waals surface area contributed by atoms with E-state index in [2.05, 4.69) is 16.1 Å². The van der Waals surface area contributed by atoms with E-state index >= 15 is 0 Å². The maximum absolute atomic E-state index is 4.64. The molecule has 2 heteroatoms. The second kappa shape index (κ2) is 1.29. The van der Waals surface area contributed by atoms with Gasteiger partial charge in [-0.3, -0.25) is 0 Å². The molecule has 0 saturated heterocycles. The van der Waals surface area contributed by atoms with Crippen molar-refractivity contribution in [3.8, 4) is 0 Å². The predicted molar refractivity (Wildman–Crippen MR) is 22.8 cm³/mol. The molecular weight excluding hydrogens is 78.1 g/mol. The second-order valence-electron chi connectivity index (χ2n) is 1.38. The average Bonchev–Trinajstić information content (AvgIpc) is 1.86. The molecule has 0 fully saturated rings. The first kappa shape index (κ1) is 3.65. The van der Waals surface area contributed by atoms with Gasteiger partial charge < -0.3 is 4.74 Å². The zero-order chi connectivity index (χ0) is 4.41. The van der Waals surface area contributed by atoms with E-state index in [0.717, 1.165) is 0 Å². The third kappa shape index (κ3) is 0.506. The molecule has 6 heavy (non-hydrogen) atoms. The Morgan fingerprint density at radius 3 is 3.00 bits per heavy atom. The summed E-state index contributed by atoms with van der Waals surface area (Å²) >= 11 is 0. The summed E-state index contributed by atoms with van der Waals surface area (Å²) in [5.74, 6) is 0. The molecule has 0 aromatic heterocycles. The summed E-state index contributed by atoms with van der Waals surface area (Å²) in [6.45, 7) is 2.69. The number of nitrogens with zero attached hydrogens (tertiary/aromatic N) is 1. The van der Waals surface area contributed by atoms with Crippen LogP contribution in [0, 0.1) is 0 Å². The van der Waals surface area contributed by atoms with Gasteiger partial charge in [-0.15, -0.1) is 0 Å². The Morgan fingerprint density at radius 1 is 2.00 bits per heavy atom. The highest BCUT2D eigenvalue weighted by atomic mass is 16.5. The Bertz CT molecular complexity index is 69.9. The summed E-state index contributed by atoms with van der Waals surface area (Å²) in [7, 11) is 0. The Morgan fingerprint density at radius 2 is 2.83 bits per heavy atom. The maximum Gasteiger partial charge on any atom is 0.273 e. The Balaban J connectivity index is 2.38. The molecule has 1 rings (SSSR count). The quantitative estimate of drug-likeness (QED) is 0.414. The summed E-state index contributed by atoms with van der Waals surface area (Å²) in [4.78, 5) is 3.76. The van der Waals surface area contributed by atoms with Gasteiger partial charge in [-0.1, -0.05) is 0 Å². The first-order valence-electron chi connectivity index (χ1n) is 1.96. The van der Waals surface area contributed by atoms with Crippen LogP contribution in [-0.4, -0.2) is 19.0 Å². The van der Waals surface area contributed by atoms with Crippen molar-refractivity contribution >= 4 is 6.40 Å². The average molecular weight is 84.1 g/mol. The van der Waals surface area contributed by atoms with Gasteiger partial charge in [0.25, 0.3) is 6.40 Å². The fourth-order valence-corrected chi connectivity index (χ4v) is 0.322. The van der Waals surface area contributed by atoms with E-state index in [4.69, 9.17) is 0 Å². The Hall–Kier alpha value is -0.530. The van der Waals surface area contributed by atoms with Crippen LogP contribution in [0.3, 0.4) is 0 Å². The van der Waals surface area contributed by atoms with Crippen molar-refractivity contribution in [1.29, 1.82) is 0 Å². The van der Waals surface area contributed by atoms with Gasteiger partial charge in [-0.25, -0.2) is 4.99 Å². The van der Waals surface area contributed by atoms with Crippen molar-refractivity contribution in [1.82, 2.24) is 0 Å². The summed E-state index contributed by atoms with van der Waals surface area (Å²) in [6, 6.07) is 0.338. The molecule has 0 aromatic rings. The van der Waals surface area contributed by atoms with E-state index in [1.54, 1.807) is 0 Å². The molecule has 0 N–H and O–H groups in total. The number of hydrogen-bond acceptors (Lipinski definition) is 2. The first-order chi connectivity index (χ1) is 2.89. The lowest BCUT2D eigenvalue weighted by molar-refractivity contribution is 0.335. The molecule has 0 aromatic carbocycles. The van der Waals surface area contributed by atoms with E-state index in [-0.39, 0.29) is 0 Å². The third-order valence-electron chi connectivity index (χ3n) is 0.662. The molecule has 1 aliphatic heterocycles. The minimum absolute atomic E-state index is 0.338. The summed E-state index contributed by atoms with van der Waals surface area (Å²) in [6.07, 6.45) is 2.40. The van der Waals surface area contributed by atoms with Gasteiger partial charge in [0.1, 0.15) is 6.61 Å². The standard InChI is InChI=1S/C4H6NO/c1-4-2-6-3-5-4/h4H,2H2,1H3. The van der Waals surface area contributed by atoms with Crippen LogP contribution in [0.5, 0.6) is 0 Å². The molecule has 1 unspecified atom stereocenters. The Labute approximate surface area is 36.8 Å². The first-order valence-corrected chi connectivity index (χ1v) is 1.96. The van der Waals surface area contributed by atoms with Gasteiger partial charge in [-0.2, -0.15) is 0 Å². The van der Waals surface area contributed by atoms with Crippen LogP contribution in [0.4, 0.5) is 0 Å². The van der Waals surface area contributed by atoms with Crippen molar-refractivity contribution in [2.24, 2.45) is 4.99 Å². The van der Waals surface area contributed by atoms with Gasteiger partial charge in [0.05, 0.1) is 6.04 Å². The molecule has 0 amide bonds. The highest BCUT2D eigenvalue weighted by Crippen LogP contribution is 1.94. The third-order valence-corrected chi connectivity index (χ3v) is 0.662. The van der Waals surface area contributed by atoms with Crippen LogP contribution < -0.4 is 0 Å². The zero-order valence-corrected chi connectivity index (χ0v) is 3.64. The molecule has 0 spiro atoms. The van der Waals surface area contributed by atoms with Gasteiger partial charge >= 0.3 is 0 Å². The van der Waals surface area contributed by atoms with E-state index in [1.165, 1.54) is 0 Å². The lowest BCUT2D eigenvalue weighted by Gasteiger charge is -1.87. The monoisotopic (exact) mass is 84.0 g/mol. The van der Waals surface area contributed by atoms with Crippen molar-refractivity contribution in [3.05, 3.63) is 0 Å². The van der Waals surface area contributed by atoms with E-state index in [9.17, 15) is 0 Å². The van der Waals surface area contributed by atoms with Crippen LogP contribution in [0.25, 0.3) is 0 Å². The number of aliphatic imine (C=N–C) groups is 1. The van der Waals surface area contributed by atoms with Gasteiger partial charge in [-0.05, 0) is 6.92 Å². The molecule has 1 heterocycles. The molecule has 1 aliphatic rings. The summed E-state index contributed by atoms with van der Waals surface area (Å²) in [5.41, 5.74) is 0. The fourth-order valence-electron chi connectivity index (χ4n) is 0.322. The largest absolute Gasteiger partial charge is 0.472 e. The van der Waals surface area contributed by atoms with Crippen molar-refractivity contribution in [2.75, 3.05) is 6.61 Å². The van der Waals surface area contributed by atoms with Crippen molar-refractivity contribution in [2.45, 2.75) is 13.0 Å². The number of hydrogen-bond donors (Lipinski definition) is 0. The fraction of sp³-hybridized carbons (Fsp3) is 0.750. The van der Waals surface area contributed by atoms with E-state index in [0.29, 0.717) is 12.6 Å². The lowest BCUT2D eigenvalue weighted by Crippen LogP contribution is -1.97. The van der Waals surface area contributed by atoms with Gasteiger partial charge in [0.2, 0.25) is 0 Å². The van der Waals surface area contributed by atoms with E-state index < -0.39 is 0 Å². The molecule has 1 radical (unpaired) electrons. The molecule has 2 nitrogen and oxygen atoms in total. The lowest BCUT2D eigenvalue weighted by atomic mass is 10.4. The minimum Gasteiger partial charge on any atom is -0.472 e. The highest BCUT2D eigenvalue weighted by Gasteiger charge is 2.02. The van der Waals surface area contributed by atoms with Gasteiger partial charge in [0, 0.05) is 0 Å². The smallest absolute Gasteiger partial charge is 0.273 e. The topological polar surface area (TPSA) is 21.6 Å². The molecule has 33 valence electrons. The zero-order valence-electron chi connectivity index (χ0n) is 3.64. The SMILES string of the molecule is CC1CO[C]=N1. The second-order valence-corrected chi connectivity index (χ2v) is 1.38. The van der Waals surface area contributed by atoms with Crippen LogP contribution in [0.2, 0.25) is 0 Å². The molecule has 0 bridgehead atoms. The summed E-state index contributed by atoms with van der Waals surface area (Å²) in [5, 5.41) is 0. The molecule has 1 atom stereocenters. The highest BCUT2D eigenvalue weighted by molar-refractivity contribution is 5.48. The maximum atomic E-state index is 4.64. The number of ether oxygens (including phenoxy) is 1. The normalized spacial score (nSPS) is 30.5. The predicted octanol–water partition coefficient (Wildman–Crippen LogP) is 0.310. The van der Waals surface area contributed by atoms with Crippen molar-refractivity contribution < 1.29 is 4.74 Å². The molecular formula is C4H6NO. The van der Waals surface area contributed by atoms with Crippen LogP contribution >= 0.6 is 0 Å². The van der Waals surface area contributed by atoms with Gasteiger partial charge in [0.15, 0.2) is 0 Å².